The minimum atomic E-state index is -0.763. The van der Waals surface area contributed by atoms with Crippen molar-refractivity contribution in [3.63, 3.8) is 0 Å². The number of nitrogens with one attached hydrogen (secondary N) is 1. The Morgan fingerprint density at radius 1 is 0.968 bits per heavy atom. The molecule has 0 saturated carbocycles. The number of benzene rings is 2. The molecule has 1 N–H and O–H groups in total. The van der Waals surface area contributed by atoms with Crippen LogP contribution in [-0.4, -0.2) is 34.6 Å². The van der Waals surface area contributed by atoms with E-state index in [2.05, 4.69) is 11.4 Å². The van der Waals surface area contributed by atoms with E-state index in [1.165, 1.54) is 0 Å². The number of amides is 2. The summed E-state index contributed by atoms with van der Waals surface area (Å²) in [5.41, 5.74) is 3.23. The fourth-order valence-electron chi connectivity index (χ4n) is 4.01. The van der Waals surface area contributed by atoms with Crippen LogP contribution >= 0.6 is 0 Å². The highest BCUT2D eigenvalue weighted by molar-refractivity contribution is 6.14. The number of rotatable bonds is 3. The Labute approximate surface area is 178 Å². The van der Waals surface area contributed by atoms with E-state index >= 15 is 0 Å². The van der Waals surface area contributed by atoms with E-state index in [-0.39, 0.29) is 30.4 Å². The second kappa shape index (κ2) is 7.68. The predicted octanol–water partition coefficient (Wildman–Crippen LogP) is 3.56. The Balaban J connectivity index is 1.57. The van der Waals surface area contributed by atoms with Crippen LogP contribution in [0.2, 0.25) is 0 Å². The number of hydroxylamine groups is 2. The molecule has 5 rings (SSSR count). The summed E-state index contributed by atoms with van der Waals surface area (Å²) in [7, 11) is 0. The van der Waals surface area contributed by atoms with Gasteiger partial charge in [0.15, 0.2) is 0 Å². The summed E-state index contributed by atoms with van der Waals surface area (Å²) in [6, 6.07) is 14.8. The average Bonchev–Trinajstić information content (AvgIpc) is 3.11. The van der Waals surface area contributed by atoms with Gasteiger partial charge in [0, 0.05) is 24.3 Å². The summed E-state index contributed by atoms with van der Waals surface area (Å²) in [5.74, 6) is -1.79. The molecule has 2 atom stereocenters. The Bertz CT molecular complexity index is 1150. The van der Waals surface area contributed by atoms with Crippen molar-refractivity contribution in [3.05, 3.63) is 84.0 Å². The third kappa shape index (κ3) is 3.44. The number of hydrogen-bond donors (Lipinski definition) is 1. The van der Waals surface area contributed by atoms with Crippen molar-refractivity contribution in [1.82, 2.24) is 5.06 Å². The number of aliphatic imine (C=N–C) groups is 1. The molecule has 154 valence electrons. The van der Waals surface area contributed by atoms with E-state index in [0.717, 1.165) is 17.0 Å². The molecular weight excluding hydrogens is 394 g/mol. The van der Waals surface area contributed by atoms with Crippen molar-refractivity contribution >= 4 is 34.9 Å². The lowest BCUT2D eigenvalue weighted by Crippen LogP contribution is -2.39. The molecule has 7 nitrogen and oxygen atoms in total. The van der Waals surface area contributed by atoms with Crippen LogP contribution in [0.25, 0.3) is 0 Å². The van der Waals surface area contributed by atoms with E-state index in [1.54, 1.807) is 12.1 Å². The number of carbonyl (C=O) groups excluding carboxylic acids is 3. The number of imide groups is 1. The van der Waals surface area contributed by atoms with Crippen molar-refractivity contribution in [2.45, 2.75) is 18.9 Å². The second-order valence-electron chi connectivity index (χ2n) is 7.49. The summed E-state index contributed by atoms with van der Waals surface area (Å²) < 4.78 is 0. The first-order chi connectivity index (χ1) is 15.1. The summed E-state index contributed by atoms with van der Waals surface area (Å²) in [5, 5.41) is 3.97. The summed E-state index contributed by atoms with van der Waals surface area (Å²) in [4.78, 5) is 46.7. The molecule has 2 aromatic rings. The van der Waals surface area contributed by atoms with E-state index in [9.17, 15) is 14.4 Å². The lowest BCUT2D eigenvalue weighted by atomic mass is 9.81. The van der Waals surface area contributed by atoms with Crippen LogP contribution in [0.1, 0.15) is 28.8 Å². The third-order valence-corrected chi connectivity index (χ3v) is 5.51. The van der Waals surface area contributed by atoms with Crippen LogP contribution < -0.4 is 5.32 Å². The fourth-order valence-corrected chi connectivity index (χ4v) is 4.01. The minimum absolute atomic E-state index is 0.00860. The molecule has 2 aliphatic heterocycles. The average molecular weight is 413 g/mol. The number of fused-ring (bicyclic) bond motifs is 2. The van der Waals surface area contributed by atoms with Crippen LogP contribution in [0.4, 0.5) is 11.4 Å². The van der Waals surface area contributed by atoms with E-state index in [0.29, 0.717) is 10.8 Å². The summed E-state index contributed by atoms with van der Waals surface area (Å²) >= 11 is 0. The van der Waals surface area contributed by atoms with E-state index < -0.39 is 17.8 Å². The molecule has 1 saturated heterocycles. The van der Waals surface area contributed by atoms with E-state index in [4.69, 9.17) is 9.83 Å². The van der Waals surface area contributed by atoms with Crippen LogP contribution in [0.15, 0.2) is 77.8 Å². The maximum absolute atomic E-state index is 12.9. The van der Waals surface area contributed by atoms with Crippen molar-refractivity contribution in [2.75, 3.05) is 5.32 Å². The Morgan fingerprint density at radius 2 is 1.71 bits per heavy atom. The molecule has 2 unspecified atom stereocenters. The molecule has 2 heterocycles. The van der Waals surface area contributed by atoms with Crippen LogP contribution in [0, 0.1) is 5.92 Å². The zero-order chi connectivity index (χ0) is 21.4. The van der Waals surface area contributed by atoms with Crippen molar-refractivity contribution in [2.24, 2.45) is 10.9 Å². The number of nitrogens with zero attached hydrogens (tertiary/aromatic N) is 2. The SMILES string of the molecule is O=C(ON1C(=O)CCC1=O)c1cccc2c1NC1C=CC=CC1C2=Nc1ccccc1. The molecule has 1 aliphatic carbocycles. The molecular formula is C24H19N3O4. The first-order valence-corrected chi connectivity index (χ1v) is 10.1. The van der Waals surface area contributed by atoms with Gasteiger partial charge in [0.25, 0.3) is 11.8 Å². The standard InChI is InChI=1S/C24H19N3O4/c28-20-13-14-21(29)27(20)31-24(30)18-11-6-10-17-22(25-15-7-2-1-3-8-15)16-9-4-5-12-19(16)26-23(17)18/h1-12,16,19,26H,13-14H2. The Morgan fingerprint density at radius 3 is 2.48 bits per heavy atom. The van der Waals surface area contributed by atoms with E-state index in [1.807, 2.05) is 54.6 Å². The quantitative estimate of drug-likeness (QED) is 0.778. The summed E-state index contributed by atoms with van der Waals surface area (Å²) in [6.45, 7) is 0. The van der Waals surface area contributed by atoms with Gasteiger partial charge in [0.1, 0.15) is 0 Å². The zero-order valence-corrected chi connectivity index (χ0v) is 16.5. The second-order valence-corrected chi connectivity index (χ2v) is 7.49. The Kier molecular flexibility index (Phi) is 4.71. The van der Waals surface area contributed by atoms with Crippen LogP contribution in [-0.2, 0) is 14.4 Å². The number of carbonyl (C=O) groups is 3. The number of anilines is 1. The summed E-state index contributed by atoms with van der Waals surface area (Å²) in [6.07, 6.45) is 8.12. The first kappa shape index (κ1) is 19.0. The molecule has 0 bridgehead atoms. The largest absolute Gasteiger partial charge is 0.377 e. The predicted molar refractivity (Wildman–Crippen MR) is 115 cm³/mol. The number of para-hydroxylation sites is 2. The van der Waals surface area contributed by atoms with Crippen LogP contribution in [0.3, 0.4) is 0 Å². The smallest absolute Gasteiger partial charge is 0.366 e. The molecule has 0 spiro atoms. The highest BCUT2D eigenvalue weighted by atomic mass is 16.7. The van der Waals surface area contributed by atoms with Crippen molar-refractivity contribution in [1.29, 1.82) is 0 Å². The lowest BCUT2D eigenvalue weighted by molar-refractivity contribution is -0.172. The van der Waals surface area contributed by atoms with Crippen LogP contribution in [0.5, 0.6) is 0 Å². The Hall–Kier alpha value is -4.00. The maximum Gasteiger partial charge on any atom is 0.366 e. The van der Waals surface area contributed by atoms with Gasteiger partial charge in [-0.2, -0.15) is 0 Å². The molecule has 7 heteroatoms. The highest BCUT2D eigenvalue weighted by Crippen LogP contribution is 2.36. The van der Waals surface area contributed by atoms with Gasteiger partial charge in [0.05, 0.1) is 28.7 Å². The van der Waals surface area contributed by atoms with Gasteiger partial charge < -0.3 is 10.2 Å². The maximum atomic E-state index is 12.9. The monoisotopic (exact) mass is 413 g/mol. The first-order valence-electron chi connectivity index (χ1n) is 10.1. The topological polar surface area (TPSA) is 88.1 Å². The zero-order valence-electron chi connectivity index (χ0n) is 16.5. The molecule has 3 aliphatic rings. The van der Waals surface area contributed by atoms with Gasteiger partial charge in [-0.3, -0.25) is 14.6 Å². The molecule has 2 amide bonds. The number of hydrogen-bond acceptors (Lipinski definition) is 6. The van der Waals surface area contributed by atoms with Gasteiger partial charge in [-0.05, 0) is 18.2 Å². The van der Waals surface area contributed by atoms with Gasteiger partial charge in [0.2, 0.25) is 0 Å². The number of allylic oxidation sites excluding steroid dienone is 2. The van der Waals surface area contributed by atoms with Gasteiger partial charge in [-0.1, -0.05) is 54.6 Å². The normalized spacial score (nSPS) is 22.8. The van der Waals surface area contributed by atoms with Crippen molar-refractivity contribution < 1.29 is 19.2 Å². The molecule has 31 heavy (non-hydrogen) atoms. The minimum Gasteiger partial charge on any atom is -0.377 e. The third-order valence-electron chi connectivity index (χ3n) is 5.51. The molecule has 2 aromatic carbocycles. The molecule has 1 fully saturated rings. The lowest BCUT2D eigenvalue weighted by Gasteiger charge is -2.35. The van der Waals surface area contributed by atoms with Gasteiger partial charge >= 0.3 is 5.97 Å². The van der Waals surface area contributed by atoms with Gasteiger partial charge in [-0.15, -0.1) is 5.06 Å². The van der Waals surface area contributed by atoms with Crippen molar-refractivity contribution in [3.8, 4) is 0 Å². The highest BCUT2D eigenvalue weighted by Gasteiger charge is 2.37. The molecule has 0 radical (unpaired) electrons. The molecule has 0 aromatic heterocycles. The fraction of sp³-hybridized carbons (Fsp3) is 0.167. The van der Waals surface area contributed by atoms with Gasteiger partial charge in [-0.25, -0.2) is 4.79 Å².